The Balaban J connectivity index is 1.80. The van der Waals surface area contributed by atoms with Crippen molar-refractivity contribution in [2.45, 2.75) is 19.6 Å². The number of carbonyl (C=O) groups is 1. The van der Waals surface area contributed by atoms with Crippen LogP contribution in [0.3, 0.4) is 0 Å². The lowest BCUT2D eigenvalue weighted by Gasteiger charge is -2.33. The maximum absolute atomic E-state index is 12.4. The highest BCUT2D eigenvalue weighted by Crippen LogP contribution is 2.36. The van der Waals surface area contributed by atoms with Crippen molar-refractivity contribution in [3.63, 3.8) is 0 Å². The Labute approximate surface area is 154 Å². The van der Waals surface area contributed by atoms with Gasteiger partial charge in [0.15, 0.2) is 5.72 Å². The molecule has 0 aliphatic carbocycles. The third-order valence-electron chi connectivity index (χ3n) is 4.03. The zero-order chi connectivity index (χ0) is 18.5. The van der Waals surface area contributed by atoms with Crippen LogP contribution in [-0.4, -0.2) is 16.6 Å². The van der Waals surface area contributed by atoms with E-state index < -0.39 is 5.72 Å². The van der Waals surface area contributed by atoms with Gasteiger partial charge in [-0.1, -0.05) is 11.6 Å². The molecule has 26 heavy (non-hydrogen) atoms. The molecule has 1 amide bonds. The summed E-state index contributed by atoms with van der Waals surface area (Å²) in [7, 11) is 0. The molecule has 4 rings (SSSR count). The molecule has 0 saturated carbocycles. The molecule has 0 unspecified atom stereocenters. The first-order valence-electron chi connectivity index (χ1n) is 7.99. The normalized spacial score (nSPS) is 15.1. The van der Waals surface area contributed by atoms with Gasteiger partial charge in [0.2, 0.25) is 0 Å². The smallest absolute Gasteiger partial charge is 0.258 e. The van der Waals surface area contributed by atoms with Gasteiger partial charge < -0.3 is 20.5 Å². The van der Waals surface area contributed by atoms with E-state index in [1.54, 1.807) is 56.4 Å². The molecule has 1 aliphatic heterocycles. The number of anilines is 1. The summed E-state index contributed by atoms with van der Waals surface area (Å²) in [5.74, 6) is 1.38. The molecule has 7 heteroatoms. The van der Waals surface area contributed by atoms with E-state index in [2.05, 4.69) is 10.3 Å². The third-order valence-corrected chi connectivity index (χ3v) is 4.35. The first-order chi connectivity index (χ1) is 12.3. The van der Waals surface area contributed by atoms with Crippen LogP contribution in [0.4, 0.5) is 5.69 Å². The Morgan fingerprint density at radius 3 is 2.81 bits per heavy atom. The zero-order valence-corrected chi connectivity index (χ0v) is 14.9. The number of fused-ring (bicyclic) bond motifs is 2. The second-order valence-corrected chi connectivity index (χ2v) is 6.93. The number of halogens is 1. The summed E-state index contributed by atoms with van der Waals surface area (Å²) in [6.07, 6.45) is 1.64. The fourth-order valence-corrected chi connectivity index (χ4v) is 3.01. The predicted molar refractivity (Wildman–Crippen MR) is 99.9 cm³/mol. The Morgan fingerprint density at radius 2 is 2.04 bits per heavy atom. The van der Waals surface area contributed by atoms with E-state index in [0.717, 1.165) is 0 Å². The number of hydrogen-bond donors (Lipinski definition) is 2. The Hall–Kier alpha value is -2.99. The molecule has 2 aromatic carbocycles. The van der Waals surface area contributed by atoms with Crippen LogP contribution in [0, 0.1) is 0 Å². The number of amides is 1. The number of rotatable bonds is 2. The molecule has 132 valence electrons. The first kappa shape index (κ1) is 16.5. The van der Waals surface area contributed by atoms with Crippen molar-refractivity contribution < 1.29 is 14.3 Å². The van der Waals surface area contributed by atoms with E-state index in [1.165, 1.54) is 0 Å². The summed E-state index contributed by atoms with van der Waals surface area (Å²) in [6, 6.07) is 10.2. The first-order valence-corrected chi connectivity index (χ1v) is 8.37. The highest BCUT2D eigenvalue weighted by Gasteiger charge is 2.32. The quantitative estimate of drug-likeness (QED) is 0.663. The van der Waals surface area contributed by atoms with Crippen molar-refractivity contribution in [2.24, 2.45) is 0 Å². The lowest BCUT2D eigenvalue weighted by Crippen LogP contribution is -2.51. The Bertz CT molecular complexity index is 1050. The highest BCUT2D eigenvalue weighted by molar-refractivity contribution is 6.33. The van der Waals surface area contributed by atoms with Crippen molar-refractivity contribution in [1.29, 1.82) is 0 Å². The average molecular weight is 370 g/mol. The van der Waals surface area contributed by atoms with Crippen molar-refractivity contribution in [2.75, 3.05) is 5.73 Å². The summed E-state index contributed by atoms with van der Waals surface area (Å²) in [6.45, 7) is 3.58. The Morgan fingerprint density at radius 1 is 1.23 bits per heavy atom. The van der Waals surface area contributed by atoms with Crippen LogP contribution >= 0.6 is 11.6 Å². The average Bonchev–Trinajstić information content (AvgIpc) is 2.56. The lowest BCUT2D eigenvalue weighted by molar-refractivity contribution is 0.0434. The standard InChI is InChI=1S/C19H16ClN3O3/c1-19(2)23-18(24)12-8-11-15(9-17(12)26-19)22-6-5-16(11)25-10-3-4-14(21)13(20)7-10/h3-9H,21H2,1-2H3,(H,23,24). The zero-order valence-electron chi connectivity index (χ0n) is 14.2. The van der Waals surface area contributed by atoms with Gasteiger partial charge in [0.05, 0.1) is 21.8 Å². The molecule has 0 fully saturated rings. The third kappa shape index (κ3) is 2.88. The monoisotopic (exact) mass is 369 g/mol. The largest absolute Gasteiger partial charge is 0.468 e. The van der Waals surface area contributed by atoms with Crippen LogP contribution in [0.15, 0.2) is 42.6 Å². The second kappa shape index (κ2) is 5.78. The number of nitrogens with two attached hydrogens (primary N) is 1. The maximum Gasteiger partial charge on any atom is 0.258 e. The second-order valence-electron chi connectivity index (χ2n) is 6.53. The van der Waals surface area contributed by atoms with Crippen molar-refractivity contribution >= 4 is 34.1 Å². The van der Waals surface area contributed by atoms with Gasteiger partial charge in [-0.2, -0.15) is 0 Å². The Kier molecular flexibility index (Phi) is 3.66. The molecule has 0 saturated heterocycles. The predicted octanol–water partition coefficient (Wildman–Crippen LogP) is 4.12. The molecule has 1 aliphatic rings. The summed E-state index contributed by atoms with van der Waals surface area (Å²) >= 11 is 6.05. The van der Waals surface area contributed by atoms with E-state index in [4.69, 9.17) is 26.8 Å². The highest BCUT2D eigenvalue weighted by atomic mass is 35.5. The van der Waals surface area contributed by atoms with Crippen LogP contribution in [0.2, 0.25) is 5.02 Å². The van der Waals surface area contributed by atoms with Crippen LogP contribution < -0.4 is 20.5 Å². The molecule has 1 aromatic heterocycles. The number of ether oxygens (including phenoxy) is 2. The van der Waals surface area contributed by atoms with E-state index in [9.17, 15) is 4.79 Å². The molecule has 0 radical (unpaired) electrons. The maximum atomic E-state index is 12.4. The van der Waals surface area contributed by atoms with Gasteiger partial charge in [0, 0.05) is 23.7 Å². The summed E-state index contributed by atoms with van der Waals surface area (Å²) in [5.41, 5.74) is 6.53. The number of benzene rings is 2. The number of nitrogen functional groups attached to an aromatic ring is 1. The molecule has 0 bridgehead atoms. The number of hydrogen-bond acceptors (Lipinski definition) is 5. The van der Waals surface area contributed by atoms with E-state index in [0.29, 0.717) is 44.4 Å². The number of aromatic nitrogens is 1. The molecule has 0 spiro atoms. The van der Waals surface area contributed by atoms with E-state index in [1.807, 2.05) is 0 Å². The molecule has 3 aromatic rings. The minimum absolute atomic E-state index is 0.205. The summed E-state index contributed by atoms with van der Waals surface area (Å²) < 4.78 is 11.8. The minimum atomic E-state index is -0.771. The molecular weight excluding hydrogens is 354 g/mol. The number of nitrogens with one attached hydrogen (secondary N) is 1. The number of carbonyl (C=O) groups excluding carboxylic acids is 1. The number of nitrogens with zero attached hydrogens (tertiary/aromatic N) is 1. The number of pyridine rings is 1. The van der Waals surface area contributed by atoms with Gasteiger partial charge in [0.25, 0.3) is 5.91 Å². The van der Waals surface area contributed by atoms with Gasteiger partial charge in [0.1, 0.15) is 17.2 Å². The van der Waals surface area contributed by atoms with Crippen LogP contribution in [0.25, 0.3) is 10.9 Å². The van der Waals surface area contributed by atoms with Crippen molar-refractivity contribution in [3.05, 3.63) is 53.2 Å². The summed E-state index contributed by atoms with van der Waals surface area (Å²) in [5, 5.41) is 3.91. The fourth-order valence-electron chi connectivity index (χ4n) is 2.84. The van der Waals surface area contributed by atoms with Crippen LogP contribution in [0.1, 0.15) is 24.2 Å². The van der Waals surface area contributed by atoms with E-state index >= 15 is 0 Å². The fraction of sp³-hybridized carbons (Fsp3) is 0.158. The topological polar surface area (TPSA) is 86.5 Å². The molecule has 3 N–H and O–H groups in total. The molecular formula is C19H16ClN3O3. The molecule has 2 heterocycles. The van der Waals surface area contributed by atoms with Crippen LogP contribution in [0.5, 0.6) is 17.2 Å². The van der Waals surface area contributed by atoms with Gasteiger partial charge in [-0.15, -0.1) is 0 Å². The van der Waals surface area contributed by atoms with Crippen LogP contribution in [-0.2, 0) is 0 Å². The molecule has 0 atom stereocenters. The minimum Gasteiger partial charge on any atom is -0.468 e. The van der Waals surface area contributed by atoms with Crippen molar-refractivity contribution in [1.82, 2.24) is 10.3 Å². The van der Waals surface area contributed by atoms with Gasteiger partial charge in [-0.3, -0.25) is 9.78 Å². The van der Waals surface area contributed by atoms with Gasteiger partial charge in [-0.25, -0.2) is 0 Å². The van der Waals surface area contributed by atoms with Crippen molar-refractivity contribution in [3.8, 4) is 17.2 Å². The SMILES string of the molecule is CC1(C)NC(=O)c2cc3c(Oc4ccc(N)c(Cl)c4)ccnc3cc2O1. The lowest BCUT2D eigenvalue weighted by atomic mass is 10.1. The summed E-state index contributed by atoms with van der Waals surface area (Å²) in [4.78, 5) is 16.8. The molecule has 6 nitrogen and oxygen atoms in total. The van der Waals surface area contributed by atoms with E-state index in [-0.39, 0.29) is 5.91 Å². The van der Waals surface area contributed by atoms with Gasteiger partial charge >= 0.3 is 0 Å². The van der Waals surface area contributed by atoms with Gasteiger partial charge in [-0.05, 0) is 38.1 Å².